The van der Waals surface area contributed by atoms with E-state index in [1.807, 2.05) is 13.8 Å². The first-order valence-electron chi connectivity index (χ1n) is 6.06. The normalized spacial score (nSPS) is 29.3. The minimum atomic E-state index is -0.896. The van der Waals surface area contributed by atoms with E-state index in [2.05, 4.69) is 0 Å². The molecule has 2 aliphatic rings. The maximum atomic E-state index is 12.3. The van der Waals surface area contributed by atoms with Crippen LogP contribution < -0.4 is 0 Å². The molecule has 1 heterocycles. The molecular weight excluding hydrogens is 232 g/mol. The van der Waals surface area contributed by atoms with Crippen LogP contribution >= 0.6 is 0 Å². The van der Waals surface area contributed by atoms with Crippen molar-refractivity contribution in [2.75, 3.05) is 7.11 Å². The lowest BCUT2D eigenvalue weighted by molar-refractivity contribution is -0.114. The summed E-state index contributed by atoms with van der Waals surface area (Å²) in [5.41, 5.74) is -0.386. The number of hydrogen-bond donors (Lipinski definition) is 1. The first-order chi connectivity index (χ1) is 8.14. The second-order valence-electron chi connectivity index (χ2n) is 5.96. The van der Waals surface area contributed by atoms with Crippen LogP contribution in [0, 0.1) is 5.41 Å². The van der Waals surface area contributed by atoms with E-state index in [1.54, 1.807) is 27.9 Å². The highest BCUT2D eigenvalue weighted by atomic mass is 16.5. The molecule has 4 heteroatoms. The van der Waals surface area contributed by atoms with Crippen molar-refractivity contribution >= 4 is 5.78 Å². The van der Waals surface area contributed by atoms with Crippen LogP contribution in [0.25, 0.3) is 0 Å². The SMILES string of the molecule is COC1=C(C)C(=O)C2=C(OC(C)(C)[C@H]2O)C1(C)C. The zero-order chi connectivity index (χ0) is 13.9. The lowest BCUT2D eigenvalue weighted by atomic mass is 9.76. The Bertz CT molecular complexity index is 480. The van der Waals surface area contributed by atoms with E-state index in [4.69, 9.17) is 9.47 Å². The van der Waals surface area contributed by atoms with Crippen LogP contribution in [0.1, 0.15) is 34.6 Å². The van der Waals surface area contributed by atoms with Crippen molar-refractivity contribution in [1.29, 1.82) is 0 Å². The summed E-state index contributed by atoms with van der Waals surface area (Å²) in [4.78, 5) is 12.3. The van der Waals surface area contributed by atoms with Gasteiger partial charge in [0.25, 0.3) is 0 Å². The zero-order valence-electron chi connectivity index (χ0n) is 11.7. The van der Waals surface area contributed by atoms with Crippen LogP contribution in [0.5, 0.6) is 0 Å². The van der Waals surface area contributed by atoms with Gasteiger partial charge in [-0.2, -0.15) is 0 Å². The summed E-state index contributed by atoms with van der Waals surface area (Å²) in [7, 11) is 1.55. The van der Waals surface area contributed by atoms with Gasteiger partial charge in [-0.3, -0.25) is 4.79 Å². The minimum absolute atomic E-state index is 0.181. The molecule has 4 nitrogen and oxygen atoms in total. The Labute approximate surface area is 107 Å². The molecule has 0 bridgehead atoms. The molecule has 0 unspecified atom stereocenters. The Morgan fingerprint density at radius 2 is 1.83 bits per heavy atom. The quantitative estimate of drug-likeness (QED) is 0.775. The summed E-state index contributed by atoms with van der Waals surface area (Å²) in [5, 5.41) is 10.3. The molecule has 0 fully saturated rings. The summed E-state index contributed by atoms with van der Waals surface area (Å²) in [6.45, 7) is 9.16. The molecule has 1 N–H and O–H groups in total. The molecular formula is C14H20O4. The third-order valence-electron chi connectivity index (χ3n) is 3.81. The summed E-state index contributed by atoms with van der Waals surface area (Å²) in [6, 6.07) is 0. The number of ketones is 1. The van der Waals surface area contributed by atoms with Crippen LogP contribution in [0.3, 0.4) is 0 Å². The fourth-order valence-electron chi connectivity index (χ4n) is 2.82. The monoisotopic (exact) mass is 252 g/mol. The van der Waals surface area contributed by atoms with Gasteiger partial charge in [0, 0.05) is 5.57 Å². The van der Waals surface area contributed by atoms with Crippen LogP contribution in [0.2, 0.25) is 0 Å². The van der Waals surface area contributed by atoms with Gasteiger partial charge in [-0.25, -0.2) is 0 Å². The first kappa shape index (κ1) is 13.1. The minimum Gasteiger partial charge on any atom is -0.500 e. The van der Waals surface area contributed by atoms with Crippen LogP contribution in [-0.4, -0.2) is 29.7 Å². The predicted octanol–water partition coefficient (Wildman–Crippen LogP) is 1.94. The molecule has 18 heavy (non-hydrogen) atoms. The van der Waals surface area contributed by atoms with Gasteiger partial charge in [-0.15, -0.1) is 0 Å². The first-order valence-corrected chi connectivity index (χ1v) is 6.06. The van der Waals surface area contributed by atoms with E-state index < -0.39 is 17.1 Å². The van der Waals surface area contributed by atoms with Crippen molar-refractivity contribution < 1.29 is 19.4 Å². The molecule has 100 valence electrons. The van der Waals surface area contributed by atoms with Gasteiger partial charge in [0.15, 0.2) is 5.78 Å². The van der Waals surface area contributed by atoms with Crippen LogP contribution in [0.4, 0.5) is 0 Å². The Morgan fingerprint density at radius 1 is 1.28 bits per heavy atom. The van der Waals surface area contributed by atoms with Crippen molar-refractivity contribution in [1.82, 2.24) is 0 Å². The van der Waals surface area contributed by atoms with E-state index in [1.165, 1.54) is 0 Å². The van der Waals surface area contributed by atoms with Crippen LogP contribution in [-0.2, 0) is 14.3 Å². The fourth-order valence-corrected chi connectivity index (χ4v) is 2.82. The molecule has 0 radical (unpaired) electrons. The Balaban J connectivity index is 2.62. The molecule has 0 saturated heterocycles. The maximum Gasteiger partial charge on any atom is 0.194 e. The molecule has 0 aromatic heterocycles. The number of allylic oxidation sites excluding steroid dienone is 1. The molecule has 1 aliphatic heterocycles. The van der Waals surface area contributed by atoms with E-state index in [0.717, 1.165) is 0 Å². The molecule has 0 spiro atoms. The van der Waals surface area contributed by atoms with Crippen molar-refractivity contribution in [3.05, 3.63) is 22.7 Å². The Kier molecular flexibility index (Phi) is 2.63. The highest BCUT2D eigenvalue weighted by Gasteiger charge is 2.53. The van der Waals surface area contributed by atoms with Gasteiger partial charge in [-0.1, -0.05) is 0 Å². The molecule has 1 atom stereocenters. The van der Waals surface area contributed by atoms with Crippen molar-refractivity contribution in [2.24, 2.45) is 5.41 Å². The van der Waals surface area contributed by atoms with Crippen LogP contribution in [0.15, 0.2) is 22.7 Å². The number of methoxy groups -OCH3 is 1. The summed E-state index contributed by atoms with van der Waals surface area (Å²) in [6.07, 6.45) is -0.896. The van der Waals surface area contributed by atoms with Gasteiger partial charge >= 0.3 is 0 Å². The highest BCUT2D eigenvalue weighted by molar-refractivity contribution is 6.11. The van der Waals surface area contributed by atoms with E-state index in [0.29, 0.717) is 22.7 Å². The lowest BCUT2D eigenvalue weighted by Crippen LogP contribution is -2.36. The third-order valence-corrected chi connectivity index (χ3v) is 3.81. The van der Waals surface area contributed by atoms with Crippen molar-refractivity contribution in [3.63, 3.8) is 0 Å². The second kappa shape index (κ2) is 3.60. The Morgan fingerprint density at radius 3 is 2.33 bits per heavy atom. The second-order valence-corrected chi connectivity index (χ2v) is 5.96. The Hall–Kier alpha value is -1.29. The van der Waals surface area contributed by atoms with Crippen molar-refractivity contribution in [3.8, 4) is 0 Å². The number of aliphatic hydroxyl groups excluding tert-OH is 1. The number of rotatable bonds is 1. The maximum absolute atomic E-state index is 12.3. The average Bonchev–Trinajstić information content (AvgIpc) is 2.49. The van der Waals surface area contributed by atoms with Crippen molar-refractivity contribution in [2.45, 2.75) is 46.3 Å². The molecule has 2 rings (SSSR count). The van der Waals surface area contributed by atoms with E-state index in [9.17, 15) is 9.90 Å². The molecule has 0 aromatic rings. The van der Waals surface area contributed by atoms with Gasteiger partial charge in [0.05, 0.1) is 18.1 Å². The van der Waals surface area contributed by atoms with Gasteiger partial charge < -0.3 is 14.6 Å². The fraction of sp³-hybridized carbons (Fsp3) is 0.643. The van der Waals surface area contributed by atoms with Gasteiger partial charge in [0.2, 0.25) is 0 Å². The summed E-state index contributed by atoms with van der Waals surface area (Å²) in [5.74, 6) is 0.961. The summed E-state index contributed by atoms with van der Waals surface area (Å²) < 4.78 is 11.2. The number of ether oxygens (including phenoxy) is 2. The smallest absolute Gasteiger partial charge is 0.194 e. The molecule has 0 saturated carbocycles. The summed E-state index contributed by atoms with van der Waals surface area (Å²) >= 11 is 0. The lowest BCUT2D eigenvalue weighted by Gasteiger charge is -2.33. The number of Topliss-reactive ketones (excluding diaryl/α,β-unsaturated/α-hetero) is 1. The molecule has 0 aromatic carbocycles. The third kappa shape index (κ3) is 1.45. The van der Waals surface area contributed by atoms with E-state index >= 15 is 0 Å². The van der Waals surface area contributed by atoms with E-state index in [-0.39, 0.29) is 5.78 Å². The predicted molar refractivity (Wildman–Crippen MR) is 66.7 cm³/mol. The van der Waals surface area contributed by atoms with Gasteiger partial charge in [-0.05, 0) is 34.6 Å². The van der Waals surface area contributed by atoms with Gasteiger partial charge in [0.1, 0.15) is 23.2 Å². The number of carbonyl (C=O) groups is 1. The topological polar surface area (TPSA) is 55.8 Å². The number of carbonyl (C=O) groups excluding carboxylic acids is 1. The highest BCUT2D eigenvalue weighted by Crippen LogP contribution is 2.50. The molecule has 0 amide bonds. The number of aliphatic hydroxyl groups is 1. The molecule has 1 aliphatic carbocycles. The average molecular weight is 252 g/mol. The zero-order valence-corrected chi connectivity index (χ0v) is 11.7. The largest absolute Gasteiger partial charge is 0.500 e. The number of hydrogen-bond acceptors (Lipinski definition) is 4. The standard InChI is InChI=1S/C14H20O4/c1-7-9(15)8-10(16)14(4,5)18-12(8)13(2,3)11(7)17-6/h10,16H,1-6H3/t10-/m0/s1.